The number of sulfone groups is 1. The minimum absolute atomic E-state index is 0.0489. The van der Waals surface area contributed by atoms with Gasteiger partial charge in [0.25, 0.3) is 5.56 Å². The highest BCUT2D eigenvalue weighted by atomic mass is 35.5. The Labute approximate surface area is 182 Å². The monoisotopic (exact) mass is 467 g/mol. The Morgan fingerprint density at radius 3 is 2.55 bits per heavy atom. The first kappa shape index (κ1) is 22.8. The number of ether oxygens (including phenoxy) is 2. The minimum atomic E-state index is -3.43. The van der Waals surface area contributed by atoms with Crippen molar-refractivity contribution in [2.75, 3.05) is 20.0 Å². The minimum Gasteiger partial charge on any atom is -0.481 e. The molecule has 0 saturated carbocycles. The van der Waals surface area contributed by atoms with Crippen LogP contribution in [0.3, 0.4) is 0 Å². The number of hydrogen-bond donors (Lipinski definition) is 1. The molecule has 0 saturated heterocycles. The number of aromatic amines is 1. The molecule has 31 heavy (non-hydrogen) atoms. The molecule has 3 aromatic rings. The smallest absolute Gasteiger partial charge is 0.343 e. The summed E-state index contributed by atoms with van der Waals surface area (Å²) in [6.45, 7) is 1.25. The summed E-state index contributed by atoms with van der Waals surface area (Å²) in [4.78, 5) is 26.7. The zero-order valence-corrected chi connectivity index (χ0v) is 18.5. The van der Waals surface area contributed by atoms with Crippen LogP contribution in [-0.2, 0) is 25.8 Å². The van der Waals surface area contributed by atoms with Crippen molar-refractivity contribution >= 4 is 38.3 Å². The van der Waals surface area contributed by atoms with E-state index in [1.807, 2.05) is 0 Å². The van der Waals surface area contributed by atoms with E-state index in [9.17, 15) is 22.4 Å². The van der Waals surface area contributed by atoms with Crippen molar-refractivity contribution in [3.63, 3.8) is 0 Å². The number of carbonyl (C=O) groups excluding carboxylic acids is 1. The lowest BCUT2D eigenvalue weighted by Crippen LogP contribution is -2.17. The van der Waals surface area contributed by atoms with Crippen LogP contribution in [0, 0.1) is 12.7 Å². The van der Waals surface area contributed by atoms with Gasteiger partial charge in [-0.3, -0.25) is 4.79 Å². The number of H-pyrrole nitrogens is 1. The molecule has 164 valence electrons. The molecule has 7 nitrogen and oxygen atoms in total. The molecule has 0 radical (unpaired) electrons. The first-order valence-corrected chi connectivity index (χ1v) is 11.3. The van der Waals surface area contributed by atoms with Crippen molar-refractivity contribution in [3.8, 4) is 5.75 Å². The van der Waals surface area contributed by atoms with Gasteiger partial charge in [-0.15, -0.1) is 0 Å². The third-order valence-electron chi connectivity index (χ3n) is 4.85. The summed E-state index contributed by atoms with van der Waals surface area (Å²) in [6, 6.07) is 6.75. The zero-order chi connectivity index (χ0) is 22.9. The van der Waals surface area contributed by atoms with Gasteiger partial charge in [0.15, 0.2) is 16.4 Å². The van der Waals surface area contributed by atoms with Gasteiger partial charge < -0.3 is 14.5 Å². The molecule has 0 atom stereocenters. The second kappa shape index (κ2) is 8.68. The lowest BCUT2D eigenvalue weighted by atomic mass is 9.98. The fourth-order valence-corrected chi connectivity index (χ4v) is 4.14. The summed E-state index contributed by atoms with van der Waals surface area (Å²) in [5.74, 6) is -1.06. The summed E-state index contributed by atoms with van der Waals surface area (Å²) in [7, 11) is -2.22. The maximum absolute atomic E-state index is 14.4. The van der Waals surface area contributed by atoms with E-state index in [-0.39, 0.29) is 34.2 Å². The van der Waals surface area contributed by atoms with E-state index in [0.29, 0.717) is 22.1 Å². The van der Waals surface area contributed by atoms with Gasteiger partial charge in [-0.1, -0.05) is 17.7 Å². The van der Waals surface area contributed by atoms with Gasteiger partial charge in [-0.25, -0.2) is 17.6 Å². The molecule has 0 unspecified atom stereocenters. The maximum atomic E-state index is 14.4. The van der Waals surface area contributed by atoms with E-state index in [1.165, 1.54) is 31.4 Å². The van der Waals surface area contributed by atoms with Crippen molar-refractivity contribution < 1.29 is 27.1 Å². The second-order valence-corrected chi connectivity index (χ2v) is 9.34. The summed E-state index contributed by atoms with van der Waals surface area (Å²) < 4.78 is 47.8. The molecule has 1 N–H and O–H groups in total. The van der Waals surface area contributed by atoms with Crippen LogP contribution in [-0.4, -0.2) is 39.3 Å². The van der Waals surface area contributed by atoms with Gasteiger partial charge in [-0.2, -0.15) is 0 Å². The second-order valence-electron chi connectivity index (χ2n) is 6.92. The number of aromatic nitrogens is 1. The average Bonchev–Trinajstić information content (AvgIpc) is 2.70. The highest BCUT2D eigenvalue weighted by Gasteiger charge is 2.19. The van der Waals surface area contributed by atoms with Crippen molar-refractivity contribution in [2.24, 2.45) is 0 Å². The molecule has 0 aliphatic carbocycles. The largest absolute Gasteiger partial charge is 0.481 e. The third-order valence-corrected chi connectivity index (χ3v) is 6.31. The zero-order valence-electron chi connectivity index (χ0n) is 16.9. The van der Waals surface area contributed by atoms with Crippen LogP contribution in [0.1, 0.15) is 16.7 Å². The van der Waals surface area contributed by atoms with E-state index in [4.69, 9.17) is 16.3 Å². The van der Waals surface area contributed by atoms with E-state index in [2.05, 4.69) is 9.72 Å². The third kappa shape index (κ3) is 4.72. The van der Waals surface area contributed by atoms with Crippen LogP contribution in [0.4, 0.5) is 4.39 Å². The Morgan fingerprint density at radius 2 is 1.94 bits per heavy atom. The molecular formula is C21H19ClFNO6S. The van der Waals surface area contributed by atoms with Crippen molar-refractivity contribution in [2.45, 2.75) is 18.2 Å². The Balaban J connectivity index is 2.11. The summed E-state index contributed by atoms with van der Waals surface area (Å²) in [6.07, 6.45) is 1.15. The van der Waals surface area contributed by atoms with E-state index < -0.39 is 27.2 Å². The lowest BCUT2D eigenvalue weighted by Gasteiger charge is -2.14. The Kier molecular flexibility index (Phi) is 6.38. The van der Waals surface area contributed by atoms with Crippen LogP contribution in [0.15, 0.2) is 40.0 Å². The summed E-state index contributed by atoms with van der Waals surface area (Å²) in [5.41, 5.74) is 0.705. The molecule has 0 aliphatic rings. The number of carbonyl (C=O) groups is 1. The first-order chi connectivity index (χ1) is 14.5. The fraction of sp³-hybridized carbons (Fsp3) is 0.238. The number of aryl methyl sites for hydroxylation is 1. The summed E-state index contributed by atoms with van der Waals surface area (Å²) >= 11 is 6.25. The molecule has 2 aromatic carbocycles. The van der Waals surface area contributed by atoms with Crippen LogP contribution < -0.4 is 10.3 Å². The molecular weight excluding hydrogens is 449 g/mol. The standard InChI is InChI=1S/C21H19ClFNO6S/c1-11-14(8-12-4-5-13(9-15(12)22)31(3,27)28)21(26)24-20-16(23)6-7-17(19(11)20)30-10-18(25)29-2/h4-7,9H,8,10H2,1-3H3,(H,24,26). The number of rotatable bonds is 6. The van der Waals surface area contributed by atoms with Gasteiger partial charge >= 0.3 is 5.97 Å². The molecule has 0 aliphatic heterocycles. The number of benzene rings is 2. The molecule has 0 bridgehead atoms. The predicted molar refractivity (Wildman–Crippen MR) is 114 cm³/mol. The van der Waals surface area contributed by atoms with Crippen molar-refractivity contribution in [3.05, 3.63) is 68.2 Å². The highest BCUT2D eigenvalue weighted by molar-refractivity contribution is 7.90. The molecule has 1 heterocycles. The topological polar surface area (TPSA) is 103 Å². The number of nitrogens with one attached hydrogen (secondary N) is 1. The van der Waals surface area contributed by atoms with Gasteiger partial charge in [-0.05, 0) is 42.3 Å². The maximum Gasteiger partial charge on any atom is 0.343 e. The molecule has 0 amide bonds. The van der Waals surface area contributed by atoms with E-state index >= 15 is 0 Å². The molecule has 3 rings (SSSR count). The number of pyridine rings is 1. The van der Waals surface area contributed by atoms with Gasteiger partial charge in [0.2, 0.25) is 0 Å². The van der Waals surface area contributed by atoms with Crippen LogP contribution in [0.25, 0.3) is 10.9 Å². The van der Waals surface area contributed by atoms with Crippen molar-refractivity contribution in [1.82, 2.24) is 4.98 Å². The number of methoxy groups -OCH3 is 1. The predicted octanol–water partition coefficient (Wildman–Crippen LogP) is 3.18. The normalized spacial score (nSPS) is 11.5. The van der Waals surface area contributed by atoms with E-state index in [0.717, 1.165) is 12.3 Å². The number of hydrogen-bond acceptors (Lipinski definition) is 6. The first-order valence-electron chi connectivity index (χ1n) is 9.05. The molecule has 1 aromatic heterocycles. The lowest BCUT2D eigenvalue weighted by molar-refractivity contribution is -0.142. The quantitative estimate of drug-likeness (QED) is 0.558. The Bertz CT molecular complexity index is 1350. The Morgan fingerprint density at radius 1 is 1.23 bits per heavy atom. The fourth-order valence-electron chi connectivity index (χ4n) is 3.18. The Hall–Kier alpha value is -2.91. The van der Waals surface area contributed by atoms with Gasteiger partial charge in [0.1, 0.15) is 11.6 Å². The molecule has 0 spiro atoms. The van der Waals surface area contributed by atoms with Crippen LogP contribution >= 0.6 is 11.6 Å². The molecule has 10 heteroatoms. The number of halogens is 2. The molecule has 0 fully saturated rings. The number of fused-ring (bicyclic) bond motifs is 1. The number of esters is 1. The SMILES string of the molecule is COC(=O)COc1ccc(F)c2[nH]c(=O)c(Cc3ccc(S(C)(=O)=O)cc3Cl)c(C)c12. The van der Waals surface area contributed by atoms with Gasteiger partial charge in [0, 0.05) is 28.6 Å². The van der Waals surface area contributed by atoms with Gasteiger partial charge in [0.05, 0.1) is 17.5 Å². The summed E-state index contributed by atoms with van der Waals surface area (Å²) in [5, 5.41) is 0.491. The van der Waals surface area contributed by atoms with E-state index in [1.54, 1.807) is 6.92 Å². The average molecular weight is 468 g/mol. The van der Waals surface area contributed by atoms with Crippen LogP contribution in [0.2, 0.25) is 5.02 Å². The van der Waals surface area contributed by atoms with Crippen LogP contribution in [0.5, 0.6) is 5.75 Å². The highest BCUT2D eigenvalue weighted by Crippen LogP contribution is 2.31. The van der Waals surface area contributed by atoms with Crippen molar-refractivity contribution in [1.29, 1.82) is 0 Å².